The van der Waals surface area contributed by atoms with Gasteiger partial charge in [0.2, 0.25) is 5.60 Å². The fourth-order valence-corrected chi connectivity index (χ4v) is 7.47. The van der Waals surface area contributed by atoms with Crippen LogP contribution in [0.2, 0.25) is 0 Å². The number of nitrogens with zero attached hydrogens (tertiary/aromatic N) is 3. The Bertz CT molecular complexity index is 1730. The zero-order chi connectivity index (χ0) is 36.4. The molecule has 4 heterocycles. The van der Waals surface area contributed by atoms with Crippen molar-refractivity contribution in [1.82, 2.24) is 14.8 Å². The Kier molecular flexibility index (Phi) is 10.9. The Balaban J connectivity index is 1.66. The maximum absolute atomic E-state index is 15.1. The molecule has 1 aromatic carbocycles. The number of hydrogen-bond acceptors (Lipinski definition) is 7. The van der Waals surface area contributed by atoms with E-state index in [2.05, 4.69) is 4.98 Å². The molecule has 270 valence electrons. The van der Waals surface area contributed by atoms with Crippen LogP contribution in [0.25, 0.3) is 0 Å². The molecule has 5 rings (SSSR count). The largest absolute Gasteiger partial charge is 0.474 e. The van der Waals surface area contributed by atoms with E-state index in [9.17, 15) is 45.4 Å². The van der Waals surface area contributed by atoms with Crippen LogP contribution in [0.15, 0.2) is 48.0 Å². The lowest BCUT2D eigenvalue weighted by Crippen LogP contribution is -2.69. The highest BCUT2D eigenvalue weighted by Crippen LogP contribution is 2.43. The van der Waals surface area contributed by atoms with Crippen LogP contribution in [0, 0.1) is 5.82 Å². The molecule has 3 aromatic rings. The minimum Gasteiger partial charge on any atom is -0.474 e. The van der Waals surface area contributed by atoms with Crippen molar-refractivity contribution < 1.29 is 55.0 Å². The van der Waals surface area contributed by atoms with Gasteiger partial charge < -0.3 is 19.6 Å². The molecule has 50 heavy (non-hydrogen) atoms. The van der Waals surface area contributed by atoms with Crippen molar-refractivity contribution in [3.05, 3.63) is 81.1 Å². The minimum atomic E-state index is -4.95. The van der Waals surface area contributed by atoms with Gasteiger partial charge in [-0.3, -0.25) is 19.4 Å². The van der Waals surface area contributed by atoms with Crippen LogP contribution in [-0.4, -0.2) is 68.3 Å². The molecule has 2 amide bonds. The Morgan fingerprint density at radius 3 is 2.48 bits per heavy atom. The van der Waals surface area contributed by atoms with Gasteiger partial charge in [0.25, 0.3) is 11.8 Å². The van der Waals surface area contributed by atoms with Crippen LogP contribution in [0.5, 0.6) is 5.75 Å². The lowest BCUT2D eigenvalue weighted by Gasteiger charge is -2.51. The average Bonchev–Trinajstić information content (AvgIpc) is 3.55. The van der Waals surface area contributed by atoms with Crippen molar-refractivity contribution in [3.8, 4) is 5.75 Å². The summed E-state index contributed by atoms with van der Waals surface area (Å²) < 4.78 is 104. The van der Waals surface area contributed by atoms with Crippen LogP contribution in [0.3, 0.4) is 0 Å². The fraction of sp³-hybridized carbons (Fsp3) is 0.471. The summed E-state index contributed by atoms with van der Waals surface area (Å²) in [6.07, 6.45) is -8.76. The number of ether oxygens (including phenoxy) is 1. The number of halogens is 7. The Hall–Kier alpha value is -4.05. The Labute approximate surface area is 286 Å². The number of likely N-dealkylation sites (tertiary alicyclic amines) is 1. The van der Waals surface area contributed by atoms with Gasteiger partial charge in [-0.15, -0.1) is 11.3 Å². The summed E-state index contributed by atoms with van der Waals surface area (Å²) in [5.41, 5.74) is -3.42. The predicted molar refractivity (Wildman–Crippen MR) is 167 cm³/mol. The quantitative estimate of drug-likeness (QED) is 0.230. The first kappa shape index (κ1) is 37.2. The highest BCUT2D eigenvalue weighted by molar-refractivity contribution is 7.10. The maximum Gasteiger partial charge on any atom is 0.425 e. The highest BCUT2D eigenvalue weighted by atomic mass is 32.1. The monoisotopic (exact) mass is 729 g/mol. The Morgan fingerprint density at radius 1 is 1.06 bits per heavy atom. The molecule has 0 aliphatic carbocycles. The van der Waals surface area contributed by atoms with E-state index in [0.717, 1.165) is 22.5 Å². The normalized spacial score (nSPS) is 21.1. The lowest BCUT2D eigenvalue weighted by molar-refractivity contribution is -0.165. The second kappa shape index (κ2) is 14.7. The number of benzene rings is 1. The van der Waals surface area contributed by atoms with E-state index in [0.29, 0.717) is 34.6 Å². The van der Waals surface area contributed by atoms with Crippen LogP contribution in [0.1, 0.15) is 77.5 Å². The van der Waals surface area contributed by atoms with Crippen molar-refractivity contribution in [1.29, 1.82) is 0 Å². The number of aromatic nitrogens is 1. The molecule has 3 atom stereocenters. The third-order valence-corrected chi connectivity index (χ3v) is 9.98. The van der Waals surface area contributed by atoms with Gasteiger partial charge in [-0.05, 0) is 54.7 Å². The Morgan fingerprint density at radius 2 is 1.82 bits per heavy atom. The molecule has 2 aliphatic rings. The van der Waals surface area contributed by atoms with Crippen LogP contribution in [0.4, 0.5) is 30.7 Å². The summed E-state index contributed by atoms with van der Waals surface area (Å²) in [5, 5.41) is 10.5. The number of amides is 2. The summed E-state index contributed by atoms with van der Waals surface area (Å²) in [4.78, 5) is 47.7. The lowest BCUT2D eigenvalue weighted by atomic mass is 9.78. The van der Waals surface area contributed by atoms with Gasteiger partial charge in [0.05, 0.1) is 17.6 Å². The van der Waals surface area contributed by atoms with Crippen molar-refractivity contribution in [2.45, 2.75) is 88.5 Å². The third-order valence-electron chi connectivity index (χ3n) is 9.03. The van der Waals surface area contributed by atoms with Gasteiger partial charge in [-0.25, -0.2) is 4.39 Å². The number of Topliss-reactive ketones (excluding diaryl/α,β-unsaturated/α-hetero) is 1. The molecular weight excluding hydrogens is 695 g/mol. The summed E-state index contributed by atoms with van der Waals surface area (Å²) in [6, 6.07) is 3.81. The number of alkyl halides is 6. The van der Waals surface area contributed by atoms with E-state index in [1.807, 2.05) is 0 Å². The molecule has 1 fully saturated rings. The molecule has 2 aromatic heterocycles. The predicted octanol–water partition coefficient (Wildman–Crippen LogP) is 6.84. The number of hydrogen-bond donors (Lipinski definition) is 1. The van der Waals surface area contributed by atoms with Gasteiger partial charge in [0, 0.05) is 56.6 Å². The van der Waals surface area contributed by atoms with Gasteiger partial charge in [-0.2, -0.15) is 26.3 Å². The zero-order valence-electron chi connectivity index (χ0n) is 26.8. The standard InChI is InChI=1S/C34H34F7N3O5S/c1-2-6-27-32(49-23-17-28(50-19-23)34(39,40)41,11-5-13-43(27)30(47)29-24(33(36,37)38)7-3-12-42-29)31(48)44-18-20-9-10-22(35)15-21(20)16-25(44)26(46)8-4-14-45/h3,7,9-10,12,15,17,19,25,27,45H,2,4-6,8,11,13-14,16,18H2,1H3/t25-,27-,32+/m1/s1. The number of aliphatic hydroxyl groups excluding tert-OH is 1. The van der Waals surface area contributed by atoms with E-state index in [1.54, 1.807) is 6.92 Å². The number of aliphatic hydroxyl groups is 1. The van der Waals surface area contributed by atoms with E-state index < -0.39 is 69.6 Å². The van der Waals surface area contributed by atoms with Crippen molar-refractivity contribution in [2.75, 3.05) is 13.2 Å². The topological polar surface area (TPSA) is 100 Å². The molecule has 0 radical (unpaired) electrons. The molecule has 0 spiro atoms. The summed E-state index contributed by atoms with van der Waals surface area (Å²) in [6.45, 7) is 1.03. The first-order valence-corrected chi connectivity index (χ1v) is 16.9. The molecule has 0 bridgehead atoms. The van der Waals surface area contributed by atoms with Crippen LogP contribution < -0.4 is 4.74 Å². The van der Waals surface area contributed by atoms with Gasteiger partial charge >= 0.3 is 12.4 Å². The third kappa shape index (κ3) is 7.50. The smallest absolute Gasteiger partial charge is 0.425 e. The maximum atomic E-state index is 15.1. The van der Waals surface area contributed by atoms with E-state index in [4.69, 9.17) is 4.74 Å². The first-order chi connectivity index (χ1) is 23.6. The SMILES string of the molecule is CCC[C@H]1N(C(=O)c2ncccc2C(F)(F)F)CCC[C@@]1(Oc1csc(C(F)(F)F)c1)C(=O)N1Cc2ccc(F)cc2C[C@@H]1C(=O)CCCO. The molecule has 0 unspecified atom stereocenters. The highest BCUT2D eigenvalue weighted by Gasteiger charge is 2.57. The second-order valence-corrected chi connectivity index (χ2v) is 13.2. The van der Waals surface area contributed by atoms with E-state index >= 15 is 4.79 Å². The number of carbonyl (C=O) groups is 3. The first-order valence-electron chi connectivity index (χ1n) is 16.0. The second-order valence-electron chi connectivity index (χ2n) is 12.3. The van der Waals surface area contributed by atoms with Gasteiger partial charge in [-0.1, -0.05) is 19.4 Å². The molecule has 1 N–H and O–H groups in total. The van der Waals surface area contributed by atoms with Crippen molar-refractivity contribution in [2.24, 2.45) is 0 Å². The number of pyridine rings is 1. The summed E-state index contributed by atoms with van der Waals surface area (Å²) in [5.74, 6) is -3.38. The number of rotatable bonds is 10. The molecule has 2 aliphatic heterocycles. The van der Waals surface area contributed by atoms with Crippen molar-refractivity contribution in [3.63, 3.8) is 0 Å². The molecule has 0 saturated carbocycles. The molecule has 1 saturated heterocycles. The van der Waals surface area contributed by atoms with Crippen LogP contribution >= 0.6 is 11.3 Å². The summed E-state index contributed by atoms with van der Waals surface area (Å²) in [7, 11) is 0. The summed E-state index contributed by atoms with van der Waals surface area (Å²) >= 11 is 0.317. The number of fused-ring (bicyclic) bond motifs is 1. The molecule has 8 nitrogen and oxygen atoms in total. The van der Waals surface area contributed by atoms with Crippen molar-refractivity contribution >= 4 is 28.9 Å². The van der Waals surface area contributed by atoms with Crippen LogP contribution in [-0.2, 0) is 34.9 Å². The number of thiophene rings is 1. The number of carbonyl (C=O) groups excluding carboxylic acids is 3. The number of ketones is 1. The fourth-order valence-electron chi connectivity index (χ4n) is 6.79. The number of piperidine rings is 1. The van der Waals surface area contributed by atoms with E-state index in [-0.39, 0.29) is 70.4 Å². The van der Waals surface area contributed by atoms with E-state index in [1.165, 1.54) is 23.1 Å². The molecule has 16 heteroatoms. The van der Waals surface area contributed by atoms with Gasteiger partial charge in [0.15, 0.2) is 5.78 Å². The zero-order valence-corrected chi connectivity index (χ0v) is 27.6. The molecular formula is C34H34F7N3O5S. The average molecular weight is 730 g/mol. The van der Waals surface area contributed by atoms with Gasteiger partial charge in [0.1, 0.15) is 22.1 Å². The minimum absolute atomic E-state index is 0.000901.